The van der Waals surface area contributed by atoms with Gasteiger partial charge in [-0.1, -0.05) is 25.7 Å². The highest BCUT2D eigenvalue weighted by Crippen LogP contribution is 2.51. The van der Waals surface area contributed by atoms with Gasteiger partial charge in [0.2, 0.25) is 0 Å². The van der Waals surface area contributed by atoms with Crippen LogP contribution in [0.15, 0.2) is 0 Å². The van der Waals surface area contributed by atoms with Crippen LogP contribution in [0.4, 0.5) is 0 Å². The van der Waals surface area contributed by atoms with E-state index in [2.05, 4.69) is 11.9 Å². The Balaban J connectivity index is 1.67. The lowest BCUT2D eigenvalue weighted by atomic mass is 9.67. The number of aliphatic hydroxyl groups excluding tert-OH is 1. The van der Waals surface area contributed by atoms with Gasteiger partial charge in [0, 0.05) is 12.6 Å². The predicted molar refractivity (Wildman–Crippen MR) is 79.1 cm³/mol. The SMILES string of the molecule is CN(CC1CCCC1)C1CC(O)CCC12CCCC2. The predicted octanol–water partition coefficient (Wildman–Crippen LogP) is 3.58. The molecule has 2 heteroatoms. The molecular formula is C17H31NO. The van der Waals surface area contributed by atoms with E-state index in [0.29, 0.717) is 11.5 Å². The monoisotopic (exact) mass is 265 g/mol. The van der Waals surface area contributed by atoms with Gasteiger partial charge in [0.25, 0.3) is 0 Å². The molecule has 0 radical (unpaired) electrons. The largest absolute Gasteiger partial charge is 0.393 e. The van der Waals surface area contributed by atoms with Crippen LogP contribution in [0.2, 0.25) is 0 Å². The van der Waals surface area contributed by atoms with Crippen molar-refractivity contribution < 1.29 is 5.11 Å². The summed E-state index contributed by atoms with van der Waals surface area (Å²) in [7, 11) is 2.33. The number of hydrogen-bond acceptors (Lipinski definition) is 2. The second-order valence-corrected chi connectivity index (χ2v) is 7.60. The fourth-order valence-corrected chi connectivity index (χ4v) is 5.28. The van der Waals surface area contributed by atoms with Gasteiger partial charge in [0.05, 0.1) is 6.10 Å². The molecule has 3 aliphatic rings. The maximum atomic E-state index is 10.1. The normalized spacial score (nSPS) is 35.5. The second kappa shape index (κ2) is 5.73. The number of nitrogens with zero attached hydrogens (tertiary/aromatic N) is 1. The van der Waals surface area contributed by atoms with E-state index in [9.17, 15) is 5.11 Å². The molecule has 0 aromatic carbocycles. The summed E-state index contributed by atoms with van der Waals surface area (Å²) in [6, 6.07) is 0.652. The van der Waals surface area contributed by atoms with E-state index in [0.717, 1.165) is 18.8 Å². The molecule has 0 bridgehead atoms. The average molecular weight is 265 g/mol. The van der Waals surface area contributed by atoms with Crippen molar-refractivity contribution in [2.45, 2.75) is 82.8 Å². The van der Waals surface area contributed by atoms with Crippen LogP contribution in [0.25, 0.3) is 0 Å². The maximum absolute atomic E-state index is 10.1. The Kier molecular flexibility index (Phi) is 4.19. The van der Waals surface area contributed by atoms with Gasteiger partial charge in [0.15, 0.2) is 0 Å². The first-order valence-electron chi connectivity index (χ1n) is 8.58. The fourth-order valence-electron chi connectivity index (χ4n) is 5.28. The van der Waals surface area contributed by atoms with Crippen molar-refractivity contribution in [3.63, 3.8) is 0 Å². The summed E-state index contributed by atoms with van der Waals surface area (Å²) in [5.74, 6) is 0.933. The van der Waals surface area contributed by atoms with Crippen LogP contribution in [0.3, 0.4) is 0 Å². The highest BCUT2D eigenvalue weighted by Gasteiger charge is 2.46. The van der Waals surface area contributed by atoms with Gasteiger partial charge in [0.1, 0.15) is 0 Å². The summed E-state index contributed by atoms with van der Waals surface area (Å²) < 4.78 is 0. The lowest BCUT2D eigenvalue weighted by molar-refractivity contribution is -0.0211. The zero-order valence-electron chi connectivity index (χ0n) is 12.6. The molecule has 19 heavy (non-hydrogen) atoms. The van der Waals surface area contributed by atoms with Gasteiger partial charge in [-0.25, -0.2) is 0 Å². The molecule has 3 saturated carbocycles. The van der Waals surface area contributed by atoms with Crippen molar-refractivity contribution in [1.29, 1.82) is 0 Å². The molecule has 0 saturated heterocycles. The fraction of sp³-hybridized carbons (Fsp3) is 1.00. The van der Waals surface area contributed by atoms with E-state index in [1.807, 2.05) is 0 Å². The molecule has 0 aliphatic heterocycles. The Morgan fingerprint density at radius 2 is 1.68 bits per heavy atom. The smallest absolute Gasteiger partial charge is 0.0555 e. The van der Waals surface area contributed by atoms with Crippen LogP contribution in [0, 0.1) is 11.3 Å². The van der Waals surface area contributed by atoms with Crippen molar-refractivity contribution in [2.75, 3.05) is 13.6 Å². The van der Waals surface area contributed by atoms with E-state index in [1.54, 1.807) is 0 Å². The van der Waals surface area contributed by atoms with Crippen molar-refractivity contribution in [2.24, 2.45) is 11.3 Å². The Hall–Kier alpha value is -0.0800. The van der Waals surface area contributed by atoms with Crippen LogP contribution in [-0.2, 0) is 0 Å². The van der Waals surface area contributed by atoms with Gasteiger partial charge < -0.3 is 10.0 Å². The molecule has 0 aromatic rings. The zero-order valence-corrected chi connectivity index (χ0v) is 12.6. The highest BCUT2D eigenvalue weighted by atomic mass is 16.3. The first-order valence-corrected chi connectivity index (χ1v) is 8.58. The minimum Gasteiger partial charge on any atom is -0.393 e. The number of hydrogen-bond donors (Lipinski definition) is 1. The molecule has 0 amide bonds. The number of aliphatic hydroxyl groups is 1. The van der Waals surface area contributed by atoms with E-state index < -0.39 is 0 Å². The minimum absolute atomic E-state index is 0.0396. The molecule has 1 N–H and O–H groups in total. The van der Waals surface area contributed by atoms with E-state index in [-0.39, 0.29) is 6.10 Å². The molecular weight excluding hydrogens is 234 g/mol. The lowest BCUT2D eigenvalue weighted by Gasteiger charge is -2.48. The van der Waals surface area contributed by atoms with Crippen LogP contribution in [0.5, 0.6) is 0 Å². The highest BCUT2D eigenvalue weighted by molar-refractivity contribution is 5.00. The summed E-state index contributed by atoms with van der Waals surface area (Å²) >= 11 is 0. The van der Waals surface area contributed by atoms with Crippen molar-refractivity contribution in [1.82, 2.24) is 4.90 Å². The Bertz CT molecular complexity index is 292. The van der Waals surface area contributed by atoms with Crippen molar-refractivity contribution >= 4 is 0 Å². The van der Waals surface area contributed by atoms with Gasteiger partial charge in [-0.05, 0) is 63.3 Å². The summed E-state index contributed by atoms with van der Waals surface area (Å²) in [5.41, 5.74) is 0.562. The van der Waals surface area contributed by atoms with Crippen molar-refractivity contribution in [3.05, 3.63) is 0 Å². The van der Waals surface area contributed by atoms with Crippen LogP contribution in [-0.4, -0.2) is 35.7 Å². The Labute approximate surface area is 118 Å². The van der Waals surface area contributed by atoms with Gasteiger partial charge in [-0.3, -0.25) is 0 Å². The summed E-state index contributed by atoms with van der Waals surface area (Å²) in [6.07, 6.45) is 14.7. The van der Waals surface area contributed by atoms with Crippen LogP contribution in [0.1, 0.15) is 70.6 Å². The third kappa shape index (κ3) is 2.85. The third-order valence-corrected chi connectivity index (χ3v) is 6.33. The lowest BCUT2D eigenvalue weighted by Crippen LogP contribution is -2.51. The molecule has 2 unspecified atom stereocenters. The molecule has 0 aromatic heterocycles. The van der Waals surface area contributed by atoms with Gasteiger partial charge in [-0.2, -0.15) is 0 Å². The van der Waals surface area contributed by atoms with Gasteiger partial charge in [-0.15, -0.1) is 0 Å². The summed E-state index contributed by atoms with van der Waals surface area (Å²) in [4.78, 5) is 2.64. The van der Waals surface area contributed by atoms with E-state index >= 15 is 0 Å². The third-order valence-electron chi connectivity index (χ3n) is 6.33. The summed E-state index contributed by atoms with van der Waals surface area (Å²) in [6.45, 7) is 1.28. The van der Waals surface area contributed by atoms with Crippen LogP contribution >= 0.6 is 0 Å². The van der Waals surface area contributed by atoms with Crippen LogP contribution < -0.4 is 0 Å². The van der Waals surface area contributed by atoms with Gasteiger partial charge >= 0.3 is 0 Å². The first kappa shape index (κ1) is 13.9. The number of rotatable bonds is 3. The molecule has 3 aliphatic carbocycles. The Morgan fingerprint density at radius 1 is 1.00 bits per heavy atom. The maximum Gasteiger partial charge on any atom is 0.0555 e. The molecule has 0 heterocycles. The molecule has 110 valence electrons. The molecule has 1 spiro atoms. The topological polar surface area (TPSA) is 23.5 Å². The Morgan fingerprint density at radius 3 is 2.37 bits per heavy atom. The van der Waals surface area contributed by atoms with E-state index in [4.69, 9.17) is 0 Å². The zero-order chi connectivity index (χ0) is 13.3. The summed E-state index contributed by atoms with van der Waals surface area (Å²) in [5, 5.41) is 10.1. The standard InChI is InChI=1S/C17H31NO/c1-18(13-14-6-2-3-7-14)16-12-15(19)8-11-17(16)9-4-5-10-17/h14-16,19H,2-13H2,1H3. The molecule has 2 nitrogen and oxygen atoms in total. The van der Waals surface area contributed by atoms with E-state index in [1.165, 1.54) is 64.3 Å². The average Bonchev–Trinajstić information content (AvgIpc) is 3.05. The first-order chi connectivity index (χ1) is 9.20. The quantitative estimate of drug-likeness (QED) is 0.843. The van der Waals surface area contributed by atoms with Crippen molar-refractivity contribution in [3.8, 4) is 0 Å². The molecule has 3 rings (SSSR count). The second-order valence-electron chi connectivity index (χ2n) is 7.60. The molecule has 2 atom stereocenters. The molecule has 3 fully saturated rings. The minimum atomic E-state index is -0.0396.